The van der Waals surface area contributed by atoms with Gasteiger partial charge in [-0.05, 0) is 6.42 Å². The number of hydrogen-bond acceptors (Lipinski definition) is 1. The van der Waals surface area contributed by atoms with E-state index in [2.05, 4.69) is 0 Å². The van der Waals surface area contributed by atoms with Gasteiger partial charge in [-0.1, -0.05) is 6.92 Å². The number of carbonyl (C=O) groups excluding carboxylic acids is 1. The molecule has 2 nitrogen and oxygen atoms in total. The van der Waals surface area contributed by atoms with Crippen LogP contribution in [0.5, 0.6) is 0 Å². The SMILES string of the molecule is CC[C@H](F)CN(I)C(C)=O. The molecule has 0 aliphatic rings. The lowest BCUT2D eigenvalue weighted by atomic mass is 10.3. The molecule has 0 heterocycles. The summed E-state index contributed by atoms with van der Waals surface area (Å²) in [5.41, 5.74) is 0. The predicted octanol–water partition coefficient (Wildman–Crippen LogP) is 1.93. The molecule has 0 saturated carbocycles. The lowest BCUT2D eigenvalue weighted by Crippen LogP contribution is -2.25. The molecule has 1 atom stereocenters. The third-order valence-electron chi connectivity index (χ3n) is 1.14. The van der Waals surface area contributed by atoms with Gasteiger partial charge in [0.15, 0.2) is 0 Å². The smallest absolute Gasteiger partial charge is 0.228 e. The lowest BCUT2D eigenvalue weighted by molar-refractivity contribution is -0.123. The van der Waals surface area contributed by atoms with Crippen LogP contribution in [0, 0.1) is 0 Å². The van der Waals surface area contributed by atoms with Crippen molar-refractivity contribution in [3.8, 4) is 0 Å². The minimum atomic E-state index is -0.888. The van der Waals surface area contributed by atoms with Crippen LogP contribution in [0.4, 0.5) is 4.39 Å². The van der Waals surface area contributed by atoms with E-state index < -0.39 is 6.17 Å². The standard InChI is InChI=1S/C6H11FINO/c1-3-6(7)4-9(8)5(2)10/h6H,3-4H2,1-2H3/t6-/m0/s1. The van der Waals surface area contributed by atoms with Gasteiger partial charge in [-0.2, -0.15) is 0 Å². The average Bonchev–Trinajstić information content (AvgIpc) is 1.87. The van der Waals surface area contributed by atoms with Crippen LogP contribution in [-0.2, 0) is 4.79 Å². The summed E-state index contributed by atoms with van der Waals surface area (Å²) in [6.45, 7) is 3.39. The zero-order valence-corrected chi connectivity index (χ0v) is 8.26. The van der Waals surface area contributed by atoms with Crippen LogP contribution in [0.2, 0.25) is 0 Å². The molecule has 0 N–H and O–H groups in total. The molecule has 0 aromatic heterocycles. The summed E-state index contributed by atoms with van der Waals surface area (Å²) in [5, 5.41) is 0. The Kier molecular flexibility index (Phi) is 4.93. The van der Waals surface area contributed by atoms with Crippen molar-refractivity contribution in [1.82, 2.24) is 3.11 Å². The molecule has 0 aliphatic carbocycles. The van der Waals surface area contributed by atoms with E-state index in [1.165, 1.54) is 10.0 Å². The van der Waals surface area contributed by atoms with Gasteiger partial charge in [0.2, 0.25) is 5.91 Å². The summed E-state index contributed by atoms with van der Waals surface area (Å²) in [4.78, 5) is 10.5. The fourth-order valence-electron chi connectivity index (χ4n) is 0.432. The average molecular weight is 259 g/mol. The van der Waals surface area contributed by atoms with Crippen molar-refractivity contribution < 1.29 is 9.18 Å². The molecule has 0 aliphatic heterocycles. The Balaban J connectivity index is 3.56. The second-order valence-electron chi connectivity index (χ2n) is 2.07. The van der Waals surface area contributed by atoms with E-state index in [9.17, 15) is 9.18 Å². The van der Waals surface area contributed by atoms with Gasteiger partial charge in [0, 0.05) is 6.92 Å². The Hall–Kier alpha value is 0.130. The monoisotopic (exact) mass is 259 g/mol. The van der Waals surface area contributed by atoms with Crippen molar-refractivity contribution in [2.24, 2.45) is 0 Å². The first kappa shape index (κ1) is 10.1. The number of hydrogen-bond donors (Lipinski definition) is 0. The molecule has 0 saturated heterocycles. The summed E-state index contributed by atoms with van der Waals surface area (Å²) >= 11 is 1.81. The molecule has 0 bridgehead atoms. The Morgan fingerprint density at radius 1 is 1.80 bits per heavy atom. The molecule has 0 rings (SSSR count). The van der Waals surface area contributed by atoms with Crippen LogP contribution in [0.3, 0.4) is 0 Å². The highest BCUT2D eigenvalue weighted by atomic mass is 127. The van der Waals surface area contributed by atoms with Crippen LogP contribution in [-0.4, -0.2) is 21.7 Å². The van der Waals surface area contributed by atoms with E-state index in [1.807, 2.05) is 22.9 Å². The highest BCUT2D eigenvalue weighted by Crippen LogP contribution is 2.05. The minimum Gasteiger partial charge on any atom is -0.282 e. The van der Waals surface area contributed by atoms with Gasteiger partial charge in [-0.3, -0.25) is 7.91 Å². The first-order chi connectivity index (χ1) is 4.57. The minimum absolute atomic E-state index is 0.100. The first-order valence-electron chi connectivity index (χ1n) is 3.15. The number of amides is 1. The fourth-order valence-corrected chi connectivity index (χ4v) is 0.859. The largest absolute Gasteiger partial charge is 0.282 e. The number of rotatable bonds is 3. The summed E-state index contributed by atoms with van der Waals surface area (Å²) < 4.78 is 13.9. The van der Waals surface area contributed by atoms with Crippen LogP contribution in [0.25, 0.3) is 0 Å². The molecular formula is C6H11FINO. The van der Waals surface area contributed by atoms with Gasteiger partial charge in [0.1, 0.15) is 6.17 Å². The Morgan fingerprint density at radius 3 is 2.60 bits per heavy atom. The van der Waals surface area contributed by atoms with Gasteiger partial charge in [-0.15, -0.1) is 0 Å². The molecule has 0 unspecified atom stereocenters. The van der Waals surface area contributed by atoms with Crippen molar-refractivity contribution in [3.63, 3.8) is 0 Å². The number of alkyl halides is 1. The van der Waals surface area contributed by atoms with Crippen molar-refractivity contribution in [3.05, 3.63) is 0 Å². The number of carbonyl (C=O) groups is 1. The molecule has 0 fully saturated rings. The Labute approximate surface area is 74.3 Å². The van der Waals surface area contributed by atoms with Gasteiger partial charge >= 0.3 is 0 Å². The van der Waals surface area contributed by atoms with E-state index in [0.29, 0.717) is 6.42 Å². The van der Waals surface area contributed by atoms with E-state index >= 15 is 0 Å². The van der Waals surface area contributed by atoms with E-state index in [4.69, 9.17) is 0 Å². The van der Waals surface area contributed by atoms with Crippen molar-refractivity contribution in [1.29, 1.82) is 0 Å². The topological polar surface area (TPSA) is 20.3 Å². The highest BCUT2D eigenvalue weighted by Gasteiger charge is 2.10. The number of halogens is 2. The molecule has 0 aromatic rings. The van der Waals surface area contributed by atoms with Crippen LogP contribution in [0.15, 0.2) is 0 Å². The molecule has 4 heteroatoms. The van der Waals surface area contributed by atoms with E-state index in [0.717, 1.165) is 0 Å². The summed E-state index contributed by atoms with van der Waals surface area (Å²) in [7, 11) is 0. The van der Waals surface area contributed by atoms with E-state index in [-0.39, 0.29) is 12.5 Å². The maximum Gasteiger partial charge on any atom is 0.228 e. The normalized spacial score (nSPS) is 12.8. The molecule has 60 valence electrons. The second kappa shape index (κ2) is 4.87. The second-order valence-corrected chi connectivity index (χ2v) is 3.23. The molecule has 0 spiro atoms. The third kappa shape index (κ3) is 4.03. The predicted molar refractivity (Wildman–Crippen MR) is 46.6 cm³/mol. The zero-order chi connectivity index (χ0) is 8.15. The lowest BCUT2D eigenvalue weighted by Gasteiger charge is -2.13. The summed E-state index contributed by atoms with van der Waals surface area (Å²) in [6.07, 6.45) is -0.423. The maximum absolute atomic E-state index is 12.5. The van der Waals surface area contributed by atoms with Crippen molar-refractivity contribution in [2.45, 2.75) is 26.4 Å². The van der Waals surface area contributed by atoms with Gasteiger partial charge in [0.05, 0.1) is 29.4 Å². The summed E-state index contributed by atoms with van der Waals surface area (Å²) in [6, 6.07) is 0. The van der Waals surface area contributed by atoms with Crippen molar-refractivity contribution in [2.75, 3.05) is 6.54 Å². The van der Waals surface area contributed by atoms with Gasteiger partial charge in [-0.25, -0.2) is 4.39 Å². The Bertz CT molecular complexity index is 120. The first-order valence-corrected chi connectivity index (χ1v) is 4.12. The van der Waals surface area contributed by atoms with Gasteiger partial charge in [0.25, 0.3) is 0 Å². The maximum atomic E-state index is 12.5. The third-order valence-corrected chi connectivity index (χ3v) is 2.22. The van der Waals surface area contributed by atoms with Crippen LogP contribution in [0.1, 0.15) is 20.3 Å². The van der Waals surface area contributed by atoms with Crippen molar-refractivity contribution >= 4 is 28.8 Å². The molecule has 0 radical (unpaired) electrons. The van der Waals surface area contributed by atoms with Gasteiger partial charge < -0.3 is 0 Å². The van der Waals surface area contributed by atoms with E-state index in [1.54, 1.807) is 6.92 Å². The zero-order valence-electron chi connectivity index (χ0n) is 6.10. The van der Waals surface area contributed by atoms with Crippen LogP contribution < -0.4 is 0 Å². The number of nitrogens with zero attached hydrogens (tertiary/aromatic N) is 1. The molecular weight excluding hydrogens is 248 g/mol. The highest BCUT2D eigenvalue weighted by molar-refractivity contribution is 14.1. The summed E-state index contributed by atoms with van der Waals surface area (Å²) in [5.74, 6) is -0.100. The molecule has 1 amide bonds. The molecule has 10 heavy (non-hydrogen) atoms. The quantitative estimate of drug-likeness (QED) is 0.560. The fraction of sp³-hybridized carbons (Fsp3) is 0.833. The van der Waals surface area contributed by atoms with Crippen LogP contribution >= 0.6 is 22.9 Å². The Morgan fingerprint density at radius 2 is 2.30 bits per heavy atom. The molecule has 0 aromatic carbocycles.